The second-order valence-electron chi connectivity index (χ2n) is 4.42. The molecule has 0 saturated carbocycles. The number of hydrogen-bond donors (Lipinski definition) is 1. The number of nitrogens with one attached hydrogen (secondary N) is 1. The van der Waals surface area contributed by atoms with Crippen molar-refractivity contribution in [2.75, 3.05) is 6.54 Å². The average molecular weight is 296 g/mol. The van der Waals surface area contributed by atoms with Gasteiger partial charge in [-0.2, -0.15) is 5.10 Å². The summed E-state index contributed by atoms with van der Waals surface area (Å²) in [6.07, 6.45) is 2.28. The molecule has 0 unspecified atom stereocenters. The van der Waals surface area contributed by atoms with E-state index in [-0.39, 0.29) is 0 Å². The zero-order chi connectivity index (χ0) is 13.7. The van der Waals surface area contributed by atoms with Crippen LogP contribution in [0.25, 0.3) is 0 Å². The number of aliphatic imine (C=N–C) groups is 1. The van der Waals surface area contributed by atoms with E-state index in [4.69, 9.17) is 11.6 Å². The third kappa shape index (κ3) is 3.98. The molecule has 1 aliphatic rings. The predicted molar refractivity (Wildman–Crippen MR) is 85.4 cm³/mol. The summed E-state index contributed by atoms with van der Waals surface area (Å²) in [6, 6.07) is 7.78. The van der Waals surface area contributed by atoms with E-state index in [0.29, 0.717) is 5.25 Å². The third-order valence-electron chi connectivity index (χ3n) is 2.85. The van der Waals surface area contributed by atoms with Gasteiger partial charge in [0.25, 0.3) is 0 Å². The van der Waals surface area contributed by atoms with Gasteiger partial charge in [-0.15, -0.1) is 0 Å². The SMILES string of the molecule is CCCCN=C1NN=C(c2ccc(Cl)cc2)[C@H](C)S1. The second kappa shape index (κ2) is 6.96. The van der Waals surface area contributed by atoms with Crippen LogP contribution in [0.1, 0.15) is 32.3 Å². The zero-order valence-electron chi connectivity index (χ0n) is 11.2. The molecule has 1 aromatic carbocycles. The fraction of sp³-hybridized carbons (Fsp3) is 0.429. The van der Waals surface area contributed by atoms with Crippen LogP contribution in [0.4, 0.5) is 0 Å². The van der Waals surface area contributed by atoms with Crippen LogP contribution in [0.2, 0.25) is 5.02 Å². The van der Waals surface area contributed by atoms with Crippen LogP contribution < -0.4 is 5.43 Å². The van der Waals surface area contributed by atoms with E-state index in [1.807, 2.05) is 24.3 Å². The lowest BCUT2D eigenvalue weighted by atomic mass is 10.1. The van der Waals surface area contributed by atoms with Crippen molar-refractivity contribution >= 4 is 34.2 Å². The summed E-state index contributed by atoms with van der Waals surface area (Å²) in [5.41, 5.74) is 5.18. The summed E-state index contributed by atoms with van der Waals surface area (Å²) in [4.78, 5) is 4.51. The summed E-state index contributed by atoms with van der Waals surface area (Å²) >= 11 is 7.62. The highest BCUT2D eigenvalue weighted by molar-refractivity contribution is 8.15. The highest BCUT2D eigenvalue weighted by Crippen LogP contribution is 2.22. The molecule has 3 nitrogen and oxygen atoms in total. The van der Waals surface area contributed by atoms with E-state index in [1.165, 1.54) is 0 Å². The van der Waals surface area contributed by atoms with Crippen molar-refractivity contribution < 1.29 is 0 Å². The minimum atomic E-state index is 0.294. The molecule has 1 atom stereocenters. The van der Waals surface area contributed by atoms with E-state index in [0.717, 1.165) is 40.9 Å². The van der Waals surface area contributed by atoms with Crippen LogP contribution in [0.3, 0.4) is 0 Å². The molecular weight excluding hydrogens is 278 g/mol. The van der Waals surface area contributed by atoms with E-state index >= 15 is 0 Å². The molecule has 0 aliphatic carbocycles. The van der Waals surface area contributed by atoms with Crippen molar-refractivity contribution in [3.05, 3.63) is 34.9 Å². The van der Waals surface area contributed by atoms with Crippen LogP contribution in [-0.2, 0) is 0 Å². The average Bonchev–Trinajstić information content (AvgIpc) is 2.41. The molecule has 0 radical (unpaired) electrons. The molecule has 102 valence electrons. The lowest BCUT2D eigenvalue weighted by Crippen LogP contribution is -2.31. The fourth-order valence-corrected chi connectivity index (χ4v) is 2.81. The van der Waals surface area contributed by atoms with E-state index in [9.17, 15) is 0 Å². The van der Waals surface area contributed by atoms with Crippen molar-refractivity contribution in [3.8, 4) is 0 Å². The first-order valence-electron chi connectivity index (χ1n) is 6.51. The van der Waals surface area contributed by atoms with E-state index in [1.54, 1.807) is 11.8 Å². The Morgan fingerprint density at radius 3 is 2.74 bits per heavy atom. The fourth-order valence-electron chi connectivity index (χ4n) is 1.78. The highest BCUT2D eigenvalue weighted by Gasteiger charge is 2.20. The Kier molecular flexibility index (Phi) is 5.28. The molecular formula is C14H18ClN3S. The van der Waals surface area contributed by atoms with Gasteiger partial charge in [0.15, 0.2) is 5.17 Å². The normalized spacial score (nSPS) is 21.1. The first kappa shape index (κ1) is 14.4. The Hall–Kier alpha value is -1.000. The van der Waals surface area contributed by atoms with Gasteiger partial charge in [0, 0.05) is 11.6 Å². The molecule has 1 heterocycles. The summed E-state index contributed by atoms with van der Waals surface area (Å²) in [7, 11) is 0. The van der Waals surface area contributed by atoms with Crippen LogP contribution in [0.5, 0.6) is 0 Å². The van der Waals surface area contributed by atoms with Crippen molar-refractivity contribution in [1.82, 2.24) is 5.43 Å². The van der Waals surface area contributed by atoms with Gasteiger partial charge in [-0.25, -0.2) is 0 Å². The summed E-state index contributed by atoms with van der Waals surface area (Å²) in [6.45, 7) is 5.18. The van der Waals surface area contributed by atoms with E-state index in [2.05, 4.69) is 29.4 Å². The van der Waals surface area contributed by atoms with Crippen LogP contribution in [0, 0.1) is 0 Å². The number of thioether (sulfide) groups is 1. The van der Waals surface area contributed by atoms with Gasteiger partial charge in [-0.1, -0.05) is 48.8 Å². The summed E-state index contributed by atoms with van der Waals surface area (Å²) in [5, 5.41) is 6.40. The number of halogens is 1. The van der Waals surface area contributed by atoms with Crippen molar-refractivity contribution in [2.24, 2.45) is 10.1 Å². The molecule has 0 saturated heterocycles. The number of hydrazone groups is 1. The maximum Gasteiger partial charge on any atom is 0.177 e. The molecule has 1 N–H and O–H groups in total. The highest BCUT2D eigenvalue weighted by atomic mass is 35.5. The number of benzene rings is 1. The monoisotopic (exact) mass is 295 g/mol. The first-order chi connectivity index (χ1) is 9.20. The quantitative estimate of drug-likeness (QED) is 0.855. The Morgan fingerprint density at radius 1 is 1.37 bits per heavy atom. The summed E-state index contributed by atoms with van der Waals surface area (Å²) in [5.74, 6) is 0. The number of amidine groups is 1. The number of rotatable bonds is 4. The van der Waals surface area contributed by atoms with Gasteiger partial charge in [-0.05, 0) is 31.0 Å². The molecule has 0 amide bonds. The predicted octanol–water partition coefficient (Wildman–Crippen LogP) is 3.93. The van der Waals surface area contributed by atoms with Gasteiger partial charge in [0.2, 0.25) is 0 Å². The first-order valence-corrected chi connectivity index (χ1v) is 7.77. The minimum absolute atomic E-state index is 0.294. The van der Waals surface area contributed by atoms with Crippen LogP contribution in [0.15, 0.2) is 34.4 Å². The largest absolute Gasteiger partial charge is 0.261 e. The van der Waals surface area contributed by atoms with Crippen molar-refractivity contribution in [3.63, 3.8) is 0 Å². The van der Waals surface area contributed by atoms with Crippen LogP contribution in [-0.4, -0.2) is 22.7 Å². The molecule has 5 heteroatoms. The molecule has 19 heavy (non-hydrogen) atoms. The van der Waals surface area contributed by atoms with Crippen LogP contribution >= 0.6 is 23.4 Å². The van der Waals surface area contributed by atoms with Gasteiger partial charge >= 0.3 is 0 Å². The van der Waals surface area contributed by atoms with Crippen molar-refractivity contribution in [1.29, 1.82) is 0 Å². The number of unbranched alkanes of at least 4 members (excludes halogenated alkanes) is 1. The molecule has 2 rings (SSSR count). The zero-order valence-corrected chi connectivity index (χ0v) is 12.8. The number of hydrogen-bond acceptors (Lipinski definition) is 3. The Bertz CT molecular complexity index is 482. The molecule has 0 fully saturated rings. The smallest absolute Gasteiger partial charge is 0.177 e. The van der Waals surface area contributed by atoms with Gasteiger partial charge < -0.3 is 0 Å². The second-order valence-corrected chi connectivity index (χ2v) is 6.18. The molecule has 0 aromatic heterocycles. The van der Waals surface area contributed by atoms with Gasteiger partial charge in [-0.3, -0.25) is 10.4 Å². The maximum atomic E-state index is 5.90. The lowest BCUT2D eigenvalue weighted by molar-refractivity contribution is 0.804. The Morgan fingerprint density at radius 2 is 2.11 bits per heavy atom. The Balaban J connectivity index is 2.08. The minimum Gasteiger partial charge on any atom is -0.261 e. The topological polar surface area (TPSA) is 36.8 Å². The Labute approximate surface area is 123 Å². The maximum absolute atomic E-state index is 5.90. The molecule has 0 spiro atoms. The number of nitrogens with zero attached hydrogens (tertiary/aromatic N) is 2. The van der Waals surface area contributed by atoms with Gasteiger partial charge in [0.1, 0.15) is 0 Å². The summed E-state index contributed by atoms with van der Waals surface area (Å²) < 4.78 is 0. The standard InChI is InChI=1S/C14H18ClN3S/c1-3-4-9-16-14-18-17-13(10(2)19-14)11-5-7-12(15)8-6-11/h5-8,10H,3-4,9H2,1-2H3,(H,16,18)/t10-/m0/s1. The molecule has 1 aliphatic heterocycles. The van der Waals surface area contributed by atoms with Gasteiger partial charge in [0.05, 0.1) is 11.0 Å². The lowest BCUT2D eigenvalue weighted by Gasteiger charge is -2.21. The molecule has 0 bridgehead atoms. The van der Waals surface area contributed by atoms with E-state index < -0.39 is 0 Å². The molecule has 1 aromatic rings. The third-order valence-corrected chi connectivity index (χ3v) is 4.12. The van der Waals surface area contributed by atoms with Crippen molar-refractivity contribution in [2.45, 2.75) is 31.9 Å².